The molecule has 3 N–H and O–H groups in total. The Hall–Kier alpha value is -2.29. The fraction of sp³-hybridized carbons (Fsp3) is 0.100. The lowest BCUT2D eigenvalue weighted by molar-refractivity contribution is -0.152. The molecule has 0 saturated heterocycles. The topological polar surface area (TPSA) is 118 Å². The van der Waals surface area contributed by atoms with E-state index in [1.165, 1.54) is 0 Å². The van der Waals surface area contributed by atoms with E-state index in [0.29, 0.717) is 0 Å². The number of aliphatic hydroxyl groups excluding tert-OH is 1. The highest BCUT2D eigenvalue weighted by atomic mass is 16.5. The molecular formula is C10H6N2O6. The van der Waals surface area contributed by atoms with E-state index < -0.39 is 23.9 Å². The lowest BCUT2D eigenvalue weighted by Gasteiger charge is -2.11. The molecule has 2 aliphatic heterocycles. The summed E-state index contributed by atoms with van der Waals surface area (Å²) in [6.45, 7) is 0. The van der Waals surface area contributed by atoms with Crippen LogP contribution >= 0.6 is 0 Å². The minimum absolute atomic E-state index is 0.0118. The minimum Gasteiger partial charge on any atom is -0.367 e. The third kappa shape index (κ3) is 1.06. The van der Waals surface area contributed by atoms with Crippen LogP contribution in [0.3, 0.4) is 0 Å². The molecule has 3 rings (SSSR count). The van der Waals surface area contributed by atoms with Crippen molar-refractivity contribution < 1.29 is 29.9 Å². The van der Waals surface area contributed by atoms with Crippen LogP contribution in [-0.2, 0) is 0 Å². The Morgan fingerprint density at radius 2 is 1.44 bits per heavy atom. The summed E-state index contributed by atoms with van der Waals surface area (Å²) >= 11 is 0. The van der Waals surface area contributed by atoms with Crippen molar-refractivity contribution >= 4 is 17.7 Å². The fourth-order valence-corrected chi connectivity index (χ4v) is 2.06. The maximum Gasteiger partial charge on any atom is 0.285 e. The Bertz CT molecular complexity index is 625. The Labute approximate surface area is 99.2 Å². The second-order valence-corrected chi connectivity index (χ2v) is 3.93. The van der Waals surface area contributed by atoms with E-state index in [9.17, 15) is 29.9 Å². The van der Waals surface area contributed by atoms with Gasteiger partial charge in [0.1, 0.15) is 0 Å². The van der Waals surface area contributed by atoms with Crippen molar-refractivity contribution in [2.75, 3.05) is 0 Å². The van der Waals surface area contributed by atoms with Gasteiger partial charge in [-0.2, -0.15) is 5.06 Å². The van der Waals surface area contributed by atoms with Crippen molar-refractivity contribution in [1.82, 2.24) is 10.1 Å². The van der Waals surface area contributed by atoms with E-state index in [1.807, 2.05) is 0 Å². The maximum atomic E-state index is 11.5. The Kier molecular flexibility index (Phi) is 1.89. The summed E-state index contributed by atoms with van der Waals surface area (Å²) in [6.07, 6.45) is -1.59. The average Bonchev–Trinajstić information content (AvgIpc) is 2.71. The summed E-state index contributed by atoms with van der Waals surface area (Å²) in [5.74, 6) is -2.76. The second kappa shape index (κ2) is 3.13. The molecule has 8 nitrogen and oxygen atoms in total. The number of fused-ring (bicyclic) bond motifs is 2. The van der Waals surface area contributed by atoms with Crippen LogP contribution in [0.2, 0.25) is 0 Å². The molecule has 8 heteroatoms. The lowest BCUT2D eigenvalue weighted by atomic mass is 10.0. The third-order valence-electron chi connectivity index (χ3n) is 2.98. The molecular weight excluding hydrogens is 244 g/mol. The molecule has 1 unspecified atom stereocenters. The lowest BCUT2D eigenvalue weighted by Crippen LogP contribution is -2.25. The zero-order valence-corrected chi connectivity index (χ0v) is 8.69. The summed E-state index contributed by atoms with van der Waals surface area (Å²) in [4.78, 5) is 34.5. The highest BCUT2D eigenvalue weighted by Gasteiger charge is 2.41. The largest absolute Gasteiger partial charge is 0.367 e. The average molecular weight is 250 g/mol. The molecule has 0 bridgehead atoms. The molecule has 2 aliphatic rings. The SMILES string of the molecule is O=C1c2cc3c(cc2C(=O)N1O)C(O)N(O)C3=O. The van der Waals surface area contributed by atoms with Crippen LogP contribution in [0.5, 0.6) is 0 Å². The molecule has 0 spiro atoms. The molecule has 18 heavy (non-hydrogen) atoms. The first-order valence-corrected chi connectivity index (χ1v) is 4.89. The number of imide groups is 1. The van der Waals surface area contributed by atoms with Crippen LogP contribution in [0.25, 0.3) is 0 Å². The summed E-state index contributed by atoms with van der Waals surface area (Å²) in [5, 5.41) is 28.0. The summed E-state index contributed by atoms with van der Waals surface area (Å²) in [5.41, 5.74) is -0.335. The molecule has 92 valence electrons. The molecule has 0 saturated carbocycles. The maximum absolute atomic E-state index is 11.5. The highest BCUT2D eigenvalue weighted by Crippen LogP contribution is 2.34. The highest BCUT2D eigenvalue weighted by molar-refractivity contribution is 6.21. The Morgan fingerprint density at radius 3 is 2.06 bits per heavy atom. The van der Waals surface area contributed by atoms with Crippen LogP contribution in [0.15, 0.2) is 12.1 Å². The summed E-state index contributed by atoms with van der Waals surface area (Å²) < 4.78 is 0. The summed E-state index contributed by atoms with van der Waals surface area (Å²) in [7, 11) is 0. The molecule has 0 fully saturated rings. The fourth-order valence-electron chi connectivity index (χ4n) is 2.06. The Balaban J connectivity index is 2.26. The number of amides is 3. The van der Waals surface area contributed by atoms with Gasteiger partial charge < -0.3 is 5.11 Å². The van der Waals surface area contributed by atoms with Crippen molar-refractivity contribution in [3.05, 3.63) is 34.4 Å². The number of benzene rings is 1. The molecule has 1 atom stereocenters. The normalized spacial score (nSPS) is 21.7. The molecule has 1 aromatic carbocycles. The number of hydrogen-bond donors (Lipinski definition) is 3. The number of hydrogen-bond acceptors (Lipinski definition) is 6. The zero-order chi connectivity index (χ0) is 13.2. The molecule has 2 heterocycles. The number of nitrogens with zero attached hydrogens (tertiary/aromatic N) is 2. The molecule has 1 aromatic rings. The van der Waals surface area contributed by atoms with Gasteiger partial charge in [-0.15, -0.1) is 5.06 Å². The summed E-state index contributed by atoms with van der Waals surface area (Å²) in [6, 6.07) is 2.18. The molecule has 0 radical (unpaired) electrons. The van der Waals surface area contributed by atoms with Gasteiger partial charge in [-0.1, -0.05) is 0 Å². The smallest absolute Gasteiger partial charge is 0.285 e. The van der Waals surface area contributed by atoms with Gasteiger partial charge in [-0.25, -0.2) is 0 Å². The second-order valence-electron chi connectivity index (χ2n) is 3.93. The van der Waals surface area contributed by atoms with Gasteiger partial charge in [0.2, 0.25) is 0 Å². The van der Waals surface area contributed by atoms with Crippen LogP contribution in [0.1, 0.15) is 42.9 Å². The zero-order valence-electron chi connectivity index (χ0n) is 8.69. The van der Waals surface area contributed by atoms with E-state index >= 15 is 0 Å². The first-order chi connectivity index (χ1) is 8.43. The number of carbonyl (C=O) groups is 3. The number of carbonyl (C=O) groups excluding carboxylic acids is 3. The van der Waals surface area contributed by atoms with E-state index in [4.69, 9.17) is 0 Å². The van der Waals surface area contributed by atoms with Gasteiger partial charge >= 0.3 is 0 Å². The van der Waals surface area contributed by atoms with Gasteiger partial charge in [0.15, 0.2) is 6.23 Å². The van der Waals surface area contributed by atoms with E-state index in [1.54, 1.807) is 0 Å². The number of aliphatic hydroxyl groups is 1. The van der Waals surface area contributed by atoms with Gasteiger partial charge in [0, 0.05) is 5.56 Å². The standard InChI is InChI=1S/C10H6N2O6/c13-7-3-1-4-6(10(16)12(18)8(4)14)2-5(3)9(15)11(7)17/h1-2,7,13,17-18H. The van der Waals surface area contributed by atoms with Crippen molar-refractivity contribution in [2.45, 2.75) is 6.23 Å². The van der Waals surface area contributed by atoms with Gasteiger partial charge in [0.05, 0.1) is 16.7 Å². The van der Waals surface area contributed by atoms with Gasteiger partial charge in [0.25, 0.3) is 17.7 Å². The van der Waals surface area contributed by atoms with Crippen LogP contribution in [0.4, 0.5) is 0 Å². The molecule has 0 aromatic heterocycles. The predicted octanol–water partition coefficient (Wildman–Crippen LogP) is -0.492. The van der Waals surface area contributed by atoms with Crippen molar-refractivity contribution in [3.8, 4) is 0 Å². The monoisotopic (exact) mass is 250 g/mol. The predicted molar refractivity (Wildman–Crippen MR) is 51.6 cm³/mol. The van der Waals surface area contributed by atoms with E-state index in [-0.39, 0.29) is 32.4 Å². The van der Waals surface area contributed by atoms with Crippen LogP contribution < -0.4 is 0 Å². The molecule has 0 aliphatic carbocycles. The van der Waals surface area contributed by atoms with Gasteiger partial charge in [-0.05, 0) is 12.1 Å². The Morgan fingerprint density at radius 1 is 0.889 bits per heavy atom. The third-order valence-corrected chi connectivity index (χ3v) is 2.98. The minimum atomic E-state index is -1.59. The van der Waals surface area contributed by atoms with Crippen molar-refractivity contribution in [2.24, 2.45) is 0 Å². The van der Waals surface area contributed by atoms with E-state index in [2.05, 4.69) is 0 Å². The van der Waals surface area contributed by atoms with E-state index in [0.717, 1.165) is 12.1 Å². The van der Waals surface area contributed by atoms with Gasteiger partial charge in [-0.3, -0.25) is 24.8 Å². The first-order valence-electron chi connectivity index (χ1n) is 4.89. The number of hydroxylamine groups is 4. The molecule has 3 amide bonds. The van der Waals surface area contributed by atoms with Crippen molar-refractivity contribution in [3.63, 3.8) is 0 Å². The van der Waals surface area contributed by atoms with Crippen molar-refractivity contribution in [1.29, 1.82) is 0 Å². The number of rotatable bonds is 0. The van der Waals surface area contributed by atoms with Crippen LogP contribution in [0, 0.1) is 0 Å². The first kappa shape index (κ1) is 10.8. The van der Waals surface area contributed by atoms with Crippen LogP contribution in [-0.4, -0.2) is 43.4 Å². The quantitative estimate of drug-likeness (QED) is 0.422.